The van der Waals surface area contributed by atoms with Gasteiger partial charge in [-0.25, -0.2) is 0 Å². The molecular formula is C27H24N2O4. The van der Waals surface area contributed by atoms with Crippen molar-refractivity contribution in [2.24, 2.45) is 0 Å². The fourth-order valence-corrected chi connectivity index (χ4v) is 4.34. The molecular weight excluding hydrogens is 416 g/mol. The van der Waals surface area contributed by atoms with Gasteiger partial charge >= 0.3 is 5.97 Å². The highest BCUT2D eigenvalue weighted by atomic mass is 16.5. The zero-order chi connectivity index (χ0) is 23.4. The lowest BCUT2D eigenvalue weighted by atomic mass is 9.91. The number of rotatable bonds is 7. The van der Waals surface area contributed by atoms with Gasteiger partial charge in [-0.3, -0.25) is 9.59 Å². The molecule has 1 heterocycles. The largest absolute Gasteiger partial charge is 0.489 e. The summed E-state index contributed by atoms with van der Waals surface area (Å²) in [6.45, 7) is 2.36. The second-order valence-corrected chi connectivity index (χ2v) is 8.14. The van der Waals surface area contributed by atoms with Gasteiger partial charge in [-0.15, -0.1) is 0 Å². The second-order valence-electron chi connectivity index (χ2n) is 8.14. The molecule has 3 aromatic carbocycles. The number of fused-ring (bicyclic) bond motifs is 1. The monoisotopic (exact) mass is 440 g/mol. The summed E-state index contributed by atoms with van der Waals surface area (Å²) in [7, 11) is 0. The van der Waals surface area contributed by atoms with E-state index < -0.39 is 5.97 Å². The minimum atomic E-state index is -0.864. The Morgan fingerprint density at radius 1 is 1.06 bits per heavy atom. The lowest BCUT2D eigenvalue weighted by Crippen LogP contribution is -2.37. The van der Waals surface area contributed by atoms with Crippen LogP contribution in [0.15, 0.2) is 72.8 Å². The average Bonchev–Trinajstić information content (AvgIpc) is 3.12. The number of nitriles is 1. The van der Waals surface area contributed by atoms with Gasteiger partial charge in [-0.1, -0.05) is 30.3 Å². The molecule has 0 saturated carbocycles. The topological polar surface area (TPSA) is 90.6 Å². The molecule has 6 nitrogen and oxygen atoms in total. The maximum Gasteiger partial charge on any atom is 0.303 e. The van der Waals surface area contributed by atoms with E-state index in [-0.39, 0.29) is 24.3 Å². The summed E-state index contributed by atoms with van der Waals surface area (Å²) in [5, 5.41) is 18.3. The molecule has 1 aliphatic heterocycles. The van der Waals surface area contributed by atoms with Crippen molar-refractivity contribution in [3.05, 3.63) is 95.1 Å². The van der Waals surface area contributed by atoms with Crippen LogP contribution in [-0.2, 0) is 11.4 Å². The molecule has 0 fully saturated rings. The highest BCUT2D eigenvalue weighted by Crippen LogP contribution is 2.45. The smallest absolute Gasteiger partial charge is 0.303 e. The number of carboxylic acids is 1. The standard InChI is InChI=1S/C27H24N2O4/c1-18-23(12-14-26(30)31)24-15-22(33-17-20-5-3-2-4-6-20)11-13-25(24)29(18)27(32)21-9-7-19(16-28)8-10-21/h2-11,13,15,18,23H,12,14,17H2,1H3,(H,30,31)/t18-,23-/m1/s1. The van der Waals surface area contributed by atoms with Gasteiger partial charge in [0.1, 0.15) is 12.4 Å². The molecule has 0 radical (unpaired) electrons. The van der Waals surface area contributed by atoms with Crippen LogP contribution in [0.5, 0.6) is 5.75 Å². The van der Waals surface area contributed by atoms with E-state index in [4.69, 9.17) is 10.00 Å². The average molecular weight is 440 g/mol. The number of amides is 1. The van der Waals surface area contributed by atoms with E-state index >= 15 is 0 Å². The van der Waals surface area contributed by atoms with Gasteiger partial charge in [0.15, 0.2) is 0 Å². The SMILES string of the molecule is C[C@@H]1[C@@H](CCC(=O)O)c2cc(OCc3ccccc3)ccc2N1C(=O)c1ccc(C#N)cc1. The van der Waals surface area contributed by atoms with Crippen molar-refractivity contribution >= 4 is 17.6 Å². The van der Waals surface area contributed by atoms with E-state index in [1.807, 2.05) is 55.5 Å². The minimum Gasteiger partial charge on any atom is -0.489 e. The van der Waals surface area contributed by atoms with E-state index in [0.29, 0.717) is 29.9 Å². The first-order valence-electron chi connectivity index (χ1n) is 10.8. The molecule has 1 aliphatic rings. The predicted molar refractivity (Wildman–Crippen MR) is 124 cm³/mol. The van der Waals surface area contributed by atoms with Crippen molar-refractivity contribution < 1.29 is 19.4 Å². The first kappa shape index (κ1) is 22.1. The third kappa shape index (κ3) is 4.73. The highest BCUT2D eigenvalue weighted by Gasteiger charge is 2.39. The molecule has 4 rings (SSSR count). The van der Waals surface area contributed by atoms with Crippen LogP contribution in [0, 0.1) is 11.3 Å². The van der Waals surface area contributed by atoms with Crippen molar-refractivity contribution in [1.82, 2.24) is 0 Å². The Balaban J connectivity index is 1.63. The molecule has 3 aromatic rings. The molecule has 33 heavy (non-hydrogen) atoms. The molecule has 0 spiro atoms. The molecule has 6 heteroatoms. The zero-order valence-electron chi connectivity index (χ0n) is 18.3. The van der Waals surface area contributed by atoms with Crippen LogP contribution in [0.4, 0.5) is 5.69 Å². The van der Waals surface area contributed by atoms with Crippen LogP contribution in [0.1, 0.15) is 52.7 Å². The van der Waals surface area contributed by atoms with E-state index in [0.717, 1.165) is 16.8 Å². The molecule has 0 unspecified atom stereocenters. The Morgan fingerprint density at radius 2 is 1.79 bits per heavy atom. The maximum absolute atomic E-state index is 13.4. The maximum atomic E-state index is 13.4. The van der Waals surface area contributed by atoms with Gasteiger partial charge in [-0.2, -0.15) is 5.26 Å². The number of nitrogens with zero attached hydrogens (tertiary/aromatic N) is 2. The summed E-state index contributed by atoms with van der Waals surface area (Å²) in [4.78, 5) is 26.4. The number of carbonyl (C=O) groups excluding carboxylic acids is 1. The summed E-state index contributed by atoms with van der Waals surface area (Å²) in [5.41, 5.74) is 3.69. The van der Waals surface area contributed by atoms with Crippen molar-refractivity contribution in [3.63, 3.8) is 0 Å². The van der Waals surface area contributed by atoms with E-state index in [1.54, 1.807) is 29.2 Å². The number of benzene rings is 3. The van der Waals surface area contributed by atoms with Crippen LogP contribution in [0.2, 0.25) is 0 Å². The van der Waals surface area contributed by atoms with Gasteiger partial charge in [0.2, 0.25) is 0 Å². The van der Waals surface area contributed by atoms with Crippen molar-refractivity contribution in [2.75, 3.05) is 4.90 Å². The molecule has 1 amide bonds. The number of ether oxygens (including phenoxy) is 1. The number of carboxylic acid groups (broad SMARTS) is 1. The molecule has 1 N–H and O–H groups in total. The molecule has 0 saturated heterocycles. The lowest BCUT2D eigenvalue weighted by molar-refractivity contribution is -0.137. The van der Waals surface area contributed by atoms with Gasteiger partial charge in [0.25, 0.3) is 5.91 Å². The van der Waals surface area contributed by atoms with Crippen LogP contribution in [-0.4, -0.2) is 23.0 Å². The summed E-state index contributed by atoms with van der Waals surface area (Å²) < 4.78 is 5.98. The summed E-state index contributed by atoms with van der Waals surface area (Å²) in [5.74, 6) is -0.488. The number of hydrogen-bond acceptors (Lipinski definition) is 4. The Kier molecular flexibility index (Phi) is 6.41. The number of anilines is 1. The first-order chi connectivity index (χ1) is 16.0. The van der Waals surface area contributed by atoms with Crippen molar-refractivity contribution in [2.45, 2.75) is 38.3 Å². The molecule has 0 bridgehead atoms. The number of aliphatic carboxylic acids is 1. The molecule has 0 aliphatic carbocycles. The van der Waals surface area contributed by atoms with Gasteiger partial charge in [0, 0.05) is 29.6 Å². The van der Waals surface area contributed by atoms with Gasteiger partial charge < -0.3 is 14.7 Å². The third-order valence-electron chi connectivity index (χ3n) is 6.04. The Hall–Kier alpha value is -4.11. The van der Waals surface area contributed by atoms with E-state index in [2.05, 4.69) is 6.07 Å². The number of carbonyl (C=O) groups is 2. The van der Waals surface area contributed by atoms with Crippen LogP contribution >= 0.6 is 0 Å². The Bertz CT molecular complexity index is 1200. The fraction of sp³-hybridized carbons (Fsp3) is 0.222. The molecule has 166 valence electrons. The summed E-state index contributed by atoms with van der Waals surface area (Å²) >= 11 is 0. The van der Waals surface area contributed by atoms with Gasteiger partial charge in [-0.05, 0) is 66.9 Å². The van der Waals surface area contributed by atoms with Crippen LogP contribution in [0.25, 0.3) is 0 Å². The minimum absolute atomic E-state index is 0.0163. The molecule has 0 aromatic heterocycles. The van der Waals surface area contributed by atoms with E-state index in [9.17, 15) is 14.7 Å². The van der Waals surface area contributed by atoms with Crippen molar-refractivity contribution in [1.29, 1.82) is 5.26 Å². The molecule has 2 atom stereocenters. The van der Waals surface area contributed by atoms with Crippen LogP contribution in [0.3, 0.4) is 0 Å². The predicted octanol–water partition coefficient (Wildman–Crippen LogP) is 5.13. The summed E-state index contributed by atoms with van der Waals surface area (Å²) in [6.07, 6.45) is 0.436. The fourth-order valence-electron chi connectivity index (χ4n) is 4.34. The third-order valence-corrected chi connectivity index (χ3v) is 6.04. The number of hydrogen-bond donors (Lipinski definition) is 1. The second kappa shape index (κ2) is 9.58. The zero-order valence-corrected chi connectivity index (χ0v) is 18.3. The Morgan fingerprint density at radius 3 is 2.45 bits per heavy atom. The van der Waals surface area contributed by atoms with Crippen LogP contribution < -0.4 is 9.64 Å². The first-order valence-corrected chi connectivity index (χ1v) is 10.8. The summed E-state index contributed by atoms with van der Waals surface area (Å²) in [6, 6.07) is 23.9. The normalized spacial score (nSPS) is 16.7. The Labute approximate surface area is 192 Å². The quantitative estimate of drug-likeness (QED) is 0.550. The van der Waals surface area contributed by atoms with Crippen molar-refractivity contribution in [3.8, 4) is 11.8 Å². The lowest BCUT2D eigenvalue weighted by Gasteiger charge is -2.25. The van der Waals surface area contributed by atoms with Gasteiger partial charge in [0.05, 0.1) is 11.6 Å². The van der Waals surface area contributed by atoms with E-state index in [1.165, 1.54) is 0 Å². The highest BCUT2D eigenvalue weighted by molar-refractivity contribution is 6.08.